The summed E-state index contributed by atoms with van der Waals surface area (Å²) in [5.74, 6) is -1.40. The number of para-hydroxylation sites is 1. The van der Waals surface area contributed by atoms with Crippen molar-refractivity contribution < 1.29 is 24.2 Å². The van der Waals surface area contributed by atoms with Crippen molar-refractivity contribution in [2.45, 2.75) is 6.92 Å². The predicted molar refractivity (Wildman–Crippen MR) is 138 cm³/mol. The van der Waals surface area contributed by atoms with Gasteiger partial charge in [-0.1, -0.05) is 54.1 Å². The molecule has 9 heteroatoms. The highest BCUT2D eigenvalue weighted by Gasteiger charge is 2.15. The lowest BCUT2D eigenvalue weighted by molar-refractivity contribution is -0.131. The number of hydrogen-bond donors (Lipinski definition) is 3. The SMILES string of the molecule is CC(=O)Oc1ccccc1C(=O)Nc1ccc(C=NNC(=O)c2ccc(O)c(Cl)c2)c2ccccc12. The zero-order chi connectivity index (χ0) is 25.7. The maximum atomic E-state index is 13.0. The number of amides is 2. The van der Waals surface area contributed by atoms with E-state index in [2.05, 4.69) is 15.8 Å². The summed E-state index contributed by atoms with van der Waals surface area (Å²) in [6.45, 7) is 1.27. The maximum absolute atomic E-state index is 13.0. The summed E-state index contributed by atoms with van der Waals surface area (Å²) in [6, 6.07) is 21.4. The number of fused-ring (bicyclic) bond motifs is 1. The number of nitrogens with zero attached hydrogens (tertiary/aromatic N) is 1. The molecular formula is C27H20ClN3O5. The minimum atomic E-state index is -0.523. The molecule has 0 unspecified atom stereocenters. The number of carbonyl (C=O) groups is 3. The monoisotopic (exact) mass is 501 g/mol. The largest absolute Gasteiger partial charge is 0.506 e. The number of phenols is 1. The highest BCUT2D eigenvalue weighted by molar-refractivity contribution is 6.32. The van der Waals surface area contributed by atoms with Crippen molar-refractivity contribution in [1.29, 1.82) is 0 Å². The van der Waals surface area contributed by atoms with E-state index in [9.17, 15) is 19.5 Å². The molecule has 0 aliphatic carbocycles. The molecular weight excluding hydrogens is 482 g/mol. The lowest BCUT2D eigenvalue weighted by Crippen LogP contribution is -2.17. The van der Waals surface area contributed by atoms with Crippen LogP contribution >= 0.6 is 11.6 Å². The van der Waals surface area contributed by atoms with E-state index in [0.717, 1.165) is 10.8 Å². The van der Waals surface area contributed by atoms with Crippen LogP contribution in [0.15, 0.2) is 84.0 Å². The molecule has 2 amide bonds. The highest BCUT2D eigenvalue weighted by Crippen LogP contribution is 2.28. The molecule has 0 radical (unpaired) electrons. The van der Waals surface area contributed by atoms with Gasteiger partial charge in [0, 0.05) is 29.1 Å². The number of aromatic hydroxyl groups is 1. The first-order valence-electron chi connectivity index (χ1n) is 10.8. The summed E-state index contributed by atoms with van der Waals surface area (Å²) in [7, 11) is 0. The number of nitrogens with one attached hydrogen (secondary N) is 2. The Balaban J connectivity index is 1.56. The van der Waals surface area contributed by atoms with Gasteiger partial charge in [0.05, 0.1) is 16.8 Å². The Kier molecular flexibility index (Phi) is 7.27. The van der Waals surface area contributed by atoms with E-state index in [1.807, 2.05) is 24.3 Å². The molecule has 3 N–H and O–H groups in total. The van der Waals surface area contributed by atoms with Gasteiger partial charge in [-0.15, -0.1) is 0 Å². The minimum Gasteiger partial charge on any atom is -0.506 e. The predicted octanol–water partition coefficient (Wildman–Crippen LogP) is 5.14. The Morgan fingerprint density at radius 1 is 0.917 bits per heavy atom. The standard InChI is InChI=1S/C27H20ClN3O5/c1-16(32)36-25-9-5-4-8-21(25)27(35)30-23-12-10-18(19-6-2-3-7-20(19)23)15-29-31-26(34)17-11-13-24(33)22(28)14-17/h2-15,33H,1H3,(H,30,35)(H,31,34). The van der Waals surface area contributed by atoms with Crippen LogP contribution in [0.2, 0.25) is 5.02 Å². The fourth-order valence-corrected chi connectivity index (χ4v) is 3.69. The molecule has 0 heterocycles. The molecule has 36 heavy (non-hydrogen) atoms. The first-order valence-corrected chi connectivity index (χ1v) is 11.1. The van der Waals surface area contributed by atoms with E-state index in [1.54, 1.807) is 36.4 Å². The van der Waals surface area contributed by atoms with Crippen molar-refractivity contribution in [3.05, 3.63) is 101 Å². The number of carbonyl (C=O) groups excluding carboxylic acids is 3. The van der Waals surface area contributed by atoms with Gasteiger partial charge in [0.2, 0.25) is 0 Å². The Labute approximate surface area is 211 Å². The molecule has 0 aliphatic rings. The van der Waals surface area contributed by atoms with E-state index in [-0.39, 0.29) is 27.6 Å². The van der Waals surface area contributed by atoms with Crippen LogP contribution < -0.4 is 15.5 Å². The van der Waals surface area contributed by atoms with Gasteiger partial charge in [-0.3, -0.25) is 14.4 Å². The molecule has 0 aromatic heterocycles. The lowest BCUT2D eigenvalue weighted by Gasteiger charge is -2.12. The second-order valence-corrected chi connectivity index (χ2v) is 8.06. The molecule has 0 bridgehead atoms. The maximum Gasteiger partial charge on any atom is 0.308 e. The summed E-state index contributed by atoms with van der Waals surface area (Å²) in [6.07, 6.45) is 1.49. The van der Waals surface area contributed by atoms with Crippen LogP contribution in [-0.2, 0) is 4.79 Å². The summed E-state index contributed by atoms with van der Waals surface area (Å²) >= 11 is 5.85. The number of ether oxygens (including phenoxy) is 1. The first kappa shape index (κ1) is 24.4. The Morgan fingerprint density at radius 3 is 2.39 bits per heavy atom. The number of rotatable bonds is 6. The average Bonchev–Trinajstić information content (AvgIpc) is 2.86. The van der Waals surface area contributed by atoms with Crippen molar-refractivity contribution >= 4 is 52.1 Å². The van der Waals surface area contributed by atoms with Crippen molar-refractivity contribution in [3.63, 3.8) is 0 Å². The van der Waals surface area contributed by atoms with Crippen LogP contribution in [0.3, 0.4) is 0 Å². The third-order valence-electron chi connectivity index (χ3n) is 5.17. The van der Waals surface area contributed by atoms with Gasteiger partial charge in [-0.05, 0) is 41.8 Å². The molecule has 0 aliphatic heterocycles. The summed E-state index contributed by atoms with van der Waals surface area (Å²) in [5, 5.41) is 18.0. The van der Waals surface area contributed by atoms with E-state index in [0.29, 0.717) is 11.3 Å². The van der Waals surface area contributed by atoms with E-state index >= 15 is 0 Å². The zero-order valence-corrected chi connectivity index (χ0v) is 19.7. The van der Waals surface area contributed by atoms with Gasteiger partial charge in [0.25, 0.3) is 11.8 Å². The summed E-state index contributed by atoms with van der Waals surface area (Å²) < 4.78 is 5.15. The Morgan fingerprint density at radius 2 is 1.64 bits per heavy atom. The first-order chi connectivity index (χ1) is 17.3. The number of hydrogen-bond acceptors (Lipinski definition) is 6. The number of benzene rings is 4. The second-order valence-electron chi connectivity index (χ2n) is 7.66. The summed E-state index contributed by atoms with van der Waals surface area (Å²) in [5.41, 5.74) is 4.14. The highest BCUT2D eigenvalue weighted by atomic mass is 35.5. The minimum absolute atomic E-state index is 0.0609. The van der Waals surface area contributed by atoms with Crippen LogP contribution in [0, 0.1) is 0 Å². The normalized spacial score (nSPS) is 10.8. The van der Waals surface area contributed by atoms with Gasteiger partial charge in [0.15, 0.2) is 0 Å². The molecule has 0 saturated carbocycles. The van der Waals surface area contributed by atoms with Gasteiger partial charge in [-0.2, -0.15) is 5.10 Å². The Hall–Kier alpha value is -4.69. The van der Waals surface area contributed by atoms with Gasteiger partial charge in [-0.25, -0.2) is 5.43 Å². The van der Waals surface area contributed by atoms with Gasteiger partial charge >= 0.3 is 5.97 Å². The zero-order valence-electron chi connectivity index (χ0n) is 19.0. The molecule has 0 saturated heterocycles. The van der Waals surface area contributed by atoms with E-state index in [1.165, 1.54) is 31.3 Å². The molecule has 4 rings (SSSR count). The molecule has 4 aromatic rings. The molecule has 180 valence electrons. The average molecular weight is 502 g/mol. The van der Waals surface area contributed by atoms with Crippen LogP contribution in [0.4, 0.5) is 5.69 Å². The molecule has 0 spiro atoms. The van der Waals surface area contributed by atoms with Crippen molar-refractivity contribution in [1.82, 2.24) is 5.43 Å². The van der Waals surface area contributed by atoms with Crippen molar-refractivity contribution in [3.8, 4) is 11.5 Å². The third-order valence-corrected chi connectivity index (χ3v) is 5.47. The van der Waals surface area contributed by atoms with Gasteiger partial charge < -0.3 is 15.2 Å². The lowest BCUT2D eigenvalue weighted by atomic mass is 10.0. The quantitative estimate of drug-likeness (QED) is 0.146. The number of phenolic OH excluding ortho intramolecular Hbond substituents is 1. The van der Waals surface area contributed by atoms with Crippen LogP contribution in [0.5, 0.6) is 11.5 Å². The van der Waals surface area contributed by atoms with Crippen molar-refractivity contribution in [2.75, 3.05) is 5.32 Å². The van der Waals surface area contributed by atoms with Crippen LogP contribution in [-0.4, -0.2) is 29.1 Å². The number of anilines is 1. The topological polar surface area (TPSA) is 117 Å². The van der Waals surface area contributed by atoms with E-state index in [4.69, 9.17) is 16.3 Å². The molecule has 0 fully saturated rings. The smallest absolute Gasteiger partial charge is 0.308 e. The van der Waals surface area contributed by atoms with Crippen LogP contribution in [0.25, 0.3) is 10.8 Å². The number of hydrazone groups is 1. The van der Waals surface area contributed by atoms with Crippen molar-refractivity contribution in [2.24, 2.45) is 5.10 Å². The third kappa shape index (κ3) is 5.51. The fourth-order valence-electron chi connectivity index (χ4n) is 3.50. The van der Waals surface area contributed by atoms with Gasteiger partial charge in [0.1, 0.15) is 11.5 Å². The summed E-state index contributed by atoms with van der Waals surface area (Å²) in [4.78, 5) is 36.7. The molecule has 8 nitrogen and oxygen atoms in total. The fraction of sp³-hybridized carbons (Fsp3) is 0.0370. The van der Waals surface area contributed by atoms with Crippen LogP contribution in [0.1, 0.15) is 33.2 Å². The molecule has 0 atom stereocenters. The molecule has 4 aromatic carbocycles. The second kappa shape index (κ2) is 10.7. The van der Waals surface area contributed by atoms with E-state index < -0.39 is 17.8 Å². The number of halogens is 1. The Bertz CT molecular complexity index is 1520. The number of esters is 1.